The van der Waals surface area contributed by atoms with Crippen LogP contribution >= 0.6 is 22.9 Å². The zero-order valence-electron chi connectivity index (χ0n) is 10.1. The van der Waals surface area contributed by atoms with Gasteiger partial charge in [0.15, 0.2) is 0 Å². The average Bonchev–Trinajstić information content (AvgIpc) is 2.71. The molecule has 2 rings (SSSR count). The second kappa shape index (κ2) is 5.70. The van der Waals surface area contributed by atoms with E-state index in [4.69, 9.17) is 16.9 Å². The normalized spacial score (nSPS) is 16.6. The molecule has 0 unspecified atom stereocenters. The molecule has 96 valence electrons. The molecule has 1 aromatic rings. The minimum Gasteiger partial charge on any atom is -0.335 e. The third-order valence-electron chi connectivity index (χ3n) is 3.05. The Labute approximate surface area is 115 Å². The SMILES string of the molecule is Cc1csc(C(=O)N2CCN(CC#N)CC2)c1Cl. The molecule has 0 aromatic carbocycles. The van der Waals surface area contributed by atoms with Gasteiger partial charge in [0.1, 0.15) is 4.88 Å². The Morgan fingerprint density at radius 1 is 1.50 bits per heavy atom. The maximum absolute atomic E-state index is 12.3. The zero-order chi connectivity index (χ0) is 13.1. The molecule has 18 heavy (non-hydrogen) atoms. The van der Waals surface area contributed by atoms with Gasteiger partial charge in [-0.25, -0.2) is 0 Å². The number of halogens is 1. The number of thiophene rings is 1. The predicted octanol–water partition coefficient (Wildman–Crippen LogP) is 1.99. The van der Waals surface area contributed by atoms with Gasteiger partial charge in [-0.3, -0.25) is 9.69 Å². The topological polar surface area (TPSA) is 47.3 Å². The van der Waals surface area contributed by atoms with Gasteiger partial charge < -0.3 is 4.90 Å². The van der Waals surface area contributed by atoms with Crippen molar-refractivity contribution in [3.05, 3.63) is 20.8 Å². The molecule has 4 nitrogen and oxygen atoms in total. The van der Waals surface area contributed by atoms with Gasteiger partial charge in [-0.2, -0.15) is 5.26 Å². The molecule has 6 heteroatoms. The summed E-state index contributed by atoms with van der Waals surface area (Å²) >= 11 is 7.51. The highest BCUT2D eigenvalue weighted by Crippen LogP contribution is 2.28. The number of hydrogen-bond acceptors (Lipinski definition) is 4. The van der Waals surface area contributed by atoms with Crippen molar-refractivity contribution in [2.75, 3.05) is 32.7 Å². The first-order valence-electron chi connectivity index (χ1n) is 5.75. The zero-order valence-corrected chi connectivity index (χ0v) is 11.7. The molecule has 2 heterocycles. The second-order valence-corrected chi connectivity index (χ2v) is 5.55. The van der Waals surface area contributed by atoms with Crippen molar-refractivity contribution >= 4 is 28.8 Å². The van der Waals surface area contributed by atoms with Crippen LogP contribution in [-0.4, -0.2) is 48.4 Å². The molecule has 0 N–H and O–H groups in total. The molecule has 0 saturated carbocycles. The summed E-state index contributed by atoms with van der Waals surface area (Å²) in [6.45, 7) is 5.16. The molecular weight excluding hydrogens is 270 g/mol. The summed E-state index contributed by atoms with van der Waals surface area (Å²) in [7, 11) is 0. The van der Waals surface area contributed by atoms with Crippen molar-refractivity contribution < 1.29 is 4.79 Å². The smallest absolute Gasteiger partial charge is 0.265 e. The van der Waals surface area contributed by atoms with Crippen LogP contribution in [0.15, 0.2) is 5.38 Å². The lowest BCUT2D eigenvalue weighted by Crippen LogP contribution is -2.48. The number of carbonyl (C=O) groups is 1. The van der Waals surface area contributed by atoms with Crippen molar-refractivity contribution in [1.82, 2.24) is 9.80 Å². The van der Waals surface area contributed by atoms with Crippen LogP contribution in [0.4, 0.5) is 0 Å². The van der Waals surface area contributed by atoms with E-state index in [2.05, 4.69) is 6.07 Å². The van der Waals surface area contributed by atoms with E-state index in [1.807, 2.05) is 22.1 Å². The molecule has 0 atom stereocenters. The minimum absolute atomic E-state index is 0.00899. The summed E-state index contributed by atoms with van der Waals surface area (Å²) in [6, 6.07) is 2.13. The fraction of sp³-hybridized carbons (Fsp3) is 0.500. The molecule has 1 saturated heterocycles. The highest BCUT2D eigenvalue weighted by atomic mass is 35.5. The van der Waals surface area contributed by atoms with E-state index in [0.717, 1.165) is 18.7 Å². The van der Waals surface area contributed by atoms with Crippen LogP contribution in [-0.2, 0) is 0 Å². The standard InChI is InChI=1S/C12H14ClN3OS/c1-9-8-18-11(10(9)13)12(17)16-6-4-15(3-2-14)5-7-16/h8H,3-7H2,1H3. The lowest BCUT2D eigenvalue weighted by molar-refractivity contribution is 0.0656. The lowest BCUT2D eigenvalue weighted by atomic mass is 10.2. The fourth-order valence-corrected chi connectivity index (χ4v) is 3.17. The summed E-state index contributed by atoms with van der Waals surface area (Å²) in [6.07, 6.45) is 0. The maximum Gasteiger partial charge on any atom is 0.265 e. The van der Waals surface area contributed by atoms with Crippen molar-refractivity contribution in [3.8, 4) is 6.07 Å². The number of carbonyl (C=O) groups excluding carboxylic acids is 1. The van der Waals surface area contributed by atoms with E-state index in [9.17, 15) is 4.79 Å². The third kappa shape index (κ3) is 2.66. The Balaban J connectivity index is 2.00. The fourth-order valence-electron chi connectivity index (χ4n) is 1.93. The second-order valence-electron chi connectivity index (χ2n) is 4.29. The number of amides is 1. The highest BCUT2D eigenvalue weighted by molar-refractivity contribution is 7.13. The van der Waals surface area contributed by atoms with Crippen LogP contribution in [0.2, 0.25) is 5.02 Å². The minimum atomic E-state index is 0.00899. The van der Waals surface area contributed by atoms with Crippen molar-refractivity contribution in [2.24, 2.45) is 0 Å². The summed E-state index contributed by atoms with van der Waals surface area (Å²) in [5.74, 6) is 0.00899. The molecule has 1 aromatic heterocycles. The van der Waals surface area contributed by atoms with E-state index < -0.39 is 0 Å². The average molecular weight is 284 g/mol. The quantitative estimate of drug-likeness (QED) is 0.780. The maximum atomic E-state index is 12.3. The largest absolute Gasteiger partial charge is 0.335 e. The molecule has 1 amide bonds. The highest BCUT2D eigenvalue weighted by Gasteiger charge is 2.24. The van der Waals surface area contributed by atoms with E-state index in [-0.39, 0.29) is 5.91 Å². The molecule has 0 spiro atoms. The summed E-state index contributed by atoms with van der Waals surface area (Å²) in [5, 5.41) is 11.1. The number of aryl methyl sites for hydroxylation is 1. The lowest BCUT2D eigenvalue weighted by Gasteiger charge is -2.33. The van der Waals surface area contributed by atoms with Gasteiger partial charge in [0.25, 0.3) is 5.91 Å². The summed E-state index contributed by atoms with van der Waals surface area (Å²) < 4.78 is 0. The van der Waals surface area contributed by atoms with E-state index in [0.29, 0.717) is 29.5 Å². The van der Waals surface area contributed by atoms with Crippen LogP contribution in [0.3, 0.4) is 0 Å². The van der Waals surface area contributed by atoms with Gasteiger partial charge in [0.05, 0.1) is 17.6 Å². The van der Waals surface area contributed by atoms with Crippen molar-refractivity contribution in [1.29, 1.82) is 5.26 Å². The van der Waals surface area contributed by atoms with Crippen LogP contribution < -0.4 is 0 Å². The Morgan fingerprint density at radius 3 is 2.67 bits per heavy atom. The van der Waals surface area contributed by atoms with Crippen LogP contribution in [0.1, 0.15) is 15.2 Å². The van der Waals surface area contributed by atoms with Gasteiger partial charge in [-0.05, 0) is 17.9 Å². The number of nitriles is 1. The molecular formula is C12H14ClN3OS. The van der Waals surface area contributed by atoms with Crippen molar-refractivity contribution in [3.63, 3.8) is 0 Å². The number of rotatable bonds is 2. The molecule has 0 bridgehead atoms. The molecule has 1 aliphatic heterocycles. The molecule has 0 radical (unpaired) electrons. The van der Waals surface area contributed by atoms with Gasteiger partial charge in [-0.15, -0.1) is 11.3 Å². The Morgan fingerprint density at radius 2 is 2.17 bits per heavy atom. The Hall–Kier alpha value is -1.09. The molecule has 0 aliphatic carbocycles. The monoisotopic (exact) mass is 283 g/mol. The first kappa shape index (κ1) is 13.3. The Bertz CT molecular complexity index is 486. The number of piperazine rings is 1. The van der Waals surface area contributed by atoms with Crippen LogP contribution in [0.5, 0.6) is 0 Å². The van der Waals surface area contributed by atoms with Gasteiger partial charge in [0.2, 0.25) is 0 Å². The van der Waals surface area contributed by atoms with E-state index in [1.54, 1.807) is 0 Å². The van der Waals surface area contributed by atoms with E-state index >= 15 is 0 Å². The summed E-state index contributed by atoms with van der Waals surface area (Å²) in [4.78, 5) is 16.8. The Kier molecular flexibility index (Phi) is 4.23. The first-order valence-corrected chi connectivity index (χ1v) is 7.01. The summed E-state index contributed by atoms with van der Waals surface area (Å²) in [5.41, 5.74) is 0.952. The van der Waals surface area contributed by atoms with Gasteiger partial charge in [0, 0.05) is 26.2 Å². The van der Waals surface area contributed by atoms with Crippen LogP contribution in [0, 0.1) is 18.3 Å². The van der Waals surface area contributed by atoms with Crippen LogP contribution in [0.25, 0.3) is 0 Å². The predicted molar refractivity (Wildman–Crippen MR) is 72.0 cm³/mol. The van der Waals surface area contributed by atoms with Gasteiger partial charge in [-0.1, -0.05) is 11.6 Å². The number of nitrogens with zero attached hydrogens (tertiary/aromatic N) is 3. The number of hydrogen-bond donors (Lipinski definition) is 0. The van der Waals surface area contributed by atoms with Crippen molar-refractivity contribution in [2.45, 2.75) is 6.92 Å². The van der Waals surface area contributed by atoms with E-state index in [1.165, 1.54) is 11.3 Å². The molecule has 1 fully saturated rings. The van der Waals surface area contributed by atoms with Gasteiger partial charge >= 0.3 is 0 Å². The first-order chi connectivity index (χ1) is 8.63. The third-order valence-corrected chi connectivity index (χ3v) is 4.73. The molecule has 1 aliphatic rings.